The van der Waals surface area contributed by atoms with Crippen LogP contribution in [-0.2, 0) is 5.41 Å². The summed E-state index contributed by atoms with van der Waals surface area (Å²) in [5, 5.41) is 0. The summed E-state index contributed by atoms with van der Waals surface area (Å²) < 4.78 is 36.3. The zero-order valence-corrected chi connectivity index (χ0v) is 11.0. The second-order valence-electron chi connectivity index (χ2n) is 5.63. The molecule has 0 saturated carbocycles. The van der Waals surface area contributed by atoms with E-state index in [2.05, 4.69) is 20.8 Å². The van der Waals surface area contributed by atoms with Crippen molar-refractivity contribution in [1.82, 2.24) is 0 Å². The molecule has 2 N–H and O–H groups in total. The van der Waals surface area contributed by atoms with Gasteiger partial charge in [-0.2, -0.15) is 13.2 Å². The second-order valence-corrected chi connectivity index (χ2v) is 5.63. The first-order chi connectivity index (χ1) is 8.09. The average molecular weight is 259 g/mol. The molecule has 102 valence electrons. The van der Waals surface area contributed by atoms with Gasteiger partial charge in [0.05, 0.1) is 0 Å². The van der Waals surface area contributed by atoms with E-state index in [1.54, 1.807) is 0 Å². The number of benzene rings is 1. The van der Waals surface area contributed by atoms with E-state index in [0.29, 0.717) is 0 Å². The van der Waals surface area contributed by atoms with Crippen molar-refractivity contribution in [2.45, 2.75) is 51.2 Å². The molecule has 4 heteroatoms. The molecular weight excluding hydrogens is 239 g/mol. The summed E-state index contributed by atoms with van der Waals surface area (Å²) in [5.74, 6) is 0. The van der Waals surface area contributed by atoms with Gasteiger partial charge in [0.2, 0.25) is 0 Å². The fourth-order valence-corrected chi connectivity index (χ4v) is 1.72. The third-order valence-electron chi connectivity index (χ3n) is 2.94. The van der Waals surface area contributed by atoms with Crippen LogP contribution in [0.25, 0.3) is 0 Å². The Labute approximate surface area is 106 Å². The van der Waals surface area contributed by atoms with Gasteiger partial charge in [0.25, 0.3) is 0 Å². The molecule has 0 aliphatic carbocycles. The second kappa shape index (κ2) is 5.31. The van der Waals surface area contributed by atoms with Gasteiger partial charge in [-0.15, -0.1) is 0 Å². The monoisotopic (exact) mass is 259 g/mol. The maximum Gasteiger partial charge on any atom is 0.389 e. The van der Waals surface area contributed by atoms with E-state index in [4.69, 9.17) is 5.73 Å². The number of hydrogen-bond donors (Lipinski definition) is 1. The van der Waals surface area contributed by atoms with Crippen LogP contribution in [0.1, 0.15) is 50.8 Å². The standard InChI is InChI=1S/C14H20F3N/c1-13(2,3)11-6-4-10(5-7-11)12(18)8-9-14(15,16)17/h4-7,12H,8-9,18H2,1-3H3/t12-/m0/s1. The summed E-state index contributed by atoms with van der Waals surface area (Å²) in [6.07, 6.45) is -5.05. The highest BCUT2D eigenvalue weighted by Crippen LogP contribution is 2.28. The van der Waals surface area contributed by atoms with E-state index >= 15 is 0 Å². The minimum Gasteiger partial charge on any atom is -0.324 e. The summed E-state index contributed by atoms with van der Waals surface area (Å²) >= 11 is 0. The van der Waals surface area contributed by atoms with E-state index in [1.807, 2.05) is 24.3 Å². The molecule has 0 fully saturated rings. The van der Waals surface area contributed by atoms with E-state index < -0.39 is 18.6 Å². The van der Waals surface area contributed by atoms with Crippen LogP contribution in [0, 0.1) is 0 Å². The predicted molar refractivity (Wildman–Crippen MR) is 67.4 cm³/mol. The number of alkyl halides is 3. The maximum absolute atomic E-state index is 12.1. The van der Waals surface area contributed by atoms with Crippen LogP contribution in [0.5, 0.6) is 0 Å². The Morgan fingerprint density at radius 3 is 1.94 bits per heavy atom. The van der Waals surface area contributed by atoms with Crippen LogP contribution in [0.15, 0.2) is 24.3 Å². The van der Waals surface area contributed by atoms with Crippen molar-refractivity contribution in [3.8, 4) is 0 Å². The molecule has 18 heavy (non-hydrogen) atoms. The Hall–Kier alpha value is -1.03. The van der Waals surface area contributed by atoms with Crippen LogP contribution < -0.4 is 5.73 Å². The van der Waals surface area contributed by atoms with Gasteiger partial charge in [0, 0.05) is 12.5 Å². The first-order valence-corrected chi connectivity index (χ1v) is 6.02. The Morgan fingerprint density at radius 1 is 1.06 bits per heavy atom. The summed E-state index contributed by atoms with van der Waals surface area (Å²) in [7, 11) is 0. The largest absolute Gasteiger partial charge is 0.389 e. The van der Waals surface area contributed by atoms with Crippen LogP contribution in [-0.4, -0.2) is 6.18 Å². The topological polar surface area (TPSA) is 26.0 Å². The van der Waals surface area contributed by atoms with Crippen molar-refractivity contribution >= 4 is 0 Å². The molecule has 1 aromatic carbocycles. The fourth-order valence-electron chi connectivity index (χ4n) is 1.72. The molecule has 0 saturated heterocycles. The van der Waals surface area contributed by atoms with Crippen molar-refractivity contribution in [2.75, 3.05) is 0 Å². The molecule has 0 amide bonds. The molecule has 1 nitrogen and oxygen atoms in total. The molecular formula is C14H20F3N. The van der Waals surface area contributed by atoms with Crippen molar-refractivity contribution in [2.24, 2.45) is 5.73 Å². The van der Waals surface area contributed by atoms with Crippen LogP contribution in [0.4, 0.5) is 13.2 Å². The predicted octanol–water partition coefficient (Wildman–Crippen LogP) is 4.33. The molecule has 0 unspecified atom stereocenters. The van der Waals surface area contributed by atoms with Gasteiger partial charge in [0.15, 0.2) is 0 Å². The summed E-state index contributed by atoms with van der Waals surface area (Å²) in [6, 6.07) is 6.95. The fraction of sp³-hybridized carbons (Fsp3) is 0.571. The molecule has 1 atom stereocenters. The normalized spacial score (nSPS) is 14.6. The minimum atomic E-state index is -4.14. The lowest BCUT2D eigenvalue weighted by atomic mass is 9.86. The van der Waals surface area contributed by atoms with E-state index in [9.17, 15) is 13.2 Å². The first kappa shape index (κ1) is 15.0. The van der Waals surface area contributed by atoms with E-state index in [0.717, 1.165) is 11.1 Å². The van der Waals surface area contributed by atoms with Crippen molar-refractivity contribution in [3.05, 3.63) is 35.4 Å². The molecule has 1 aromatic rings. The Kier molecular flexibility index (Phi) is 4.43. The summed E-state index contributed by atoms with van der Waals surface area (Å²) in [4.78, 5) is 0. The molecule has 0 heterocycles. The highest BCUT2D eigenvalue weighted by molar-refractivity contribution is 5.29. The lowest BCUT2D eigenvalue weighted by molar-refractivity contribution is -0.136. The van der Waals surface area contributed by atoms with Crippen molar-refractivity contribution in [3.63, 3.8) is 0 Å². The quantitative estimate of drug-likeness (QED) is 0.859. The van der Waals surface area contributed by atoms with Crippen LogP contribution in [0.3, 0.4) is 0 Å². The van der Waals surface area contributed by atoms with Gasteiger partial charge in [-0.25, -0.2) is 0 Å². The first-order valence-electron chi connectivity index (χ1n) is 6.02. The number of halogens is 3. The molecule has 1 rings (SSSR count). The SMILES string of the molecule is CC(C)(C)c1ccc([C@@H](N)CCC(F)(F)F)cc1. The summed E-state index contributed by atoms with van der Waals surface area (Å²) in [5.41, 5.74) is 7.70. The Morgan fingerprint density at radius 2 is 1.56 bits per heavy atom. The van der Waals surface area contributed by atoms with Gasteiger partial charge in [-0.05, 0) is 23.0 Å². The Bertz CT molecular complexity index is 374. The molecule has 0 aliphatic rings. The Balaban J connectivity index is 2.68. The zero-order chi connectivity index (χ0) is 14.0. The van der Waals surface area contributed by atoms with Crippen molar-refractivity contribution in [1.29, 1.82) is 0 Å². The third-order valence-corrected chi connectivity index (χ3v) is 2.94. The van der Waals surface area contributed by atoms with Gasteiger partial charge in [0.1, 0.15) is 0 Å². The minimum absolute atomic E-state index is 0.0363. The maximum atomic E-state index is 12.1. The smallest absolute Gasteiger partial charge is 0.324 e. The molecule has 0 aliphatic heterocycles. The number of hydrogen-bond acceptors (Lipinski definition) is 1. The molecule has 0 radical (unpaired) electrons. The molecule has 0 spiro atoms. The van der Waals surface area contributed by atoms with Crippen molar-refractivity contribution < 1.29 is 13.2 Å². The lowest BCUT2D eigenvalue weighted by Gasteiger charge is -2.20. The van der Waals surface area contributed by atoms with Crippen LogP contribution in [0.2, 0.25) is 0 Å². The zero-order valence-electron chi connectivity index (χ0n) is 11.0. The van der Waals surface area contributed by atoms with Gasteiger partial charge >= 0.3 is 6.18 Å². The lowest BCUT2D eigenvalue weighted by Crippen LogP contribution is -2.16. The highest BCUT2D eigenvalue weighted by atomic mass is 19.4. The highest BCUT2D eigenvalue weighted by Gasteiger charge is 2.27. The van der Waals surface area contributed by atoms with Gasteiger partial charge in [-0.1, -0.05) is 45.0 Å². The van der Waals surface area contributed by atoms with E-state index in [-0.39, 0.29) is 11.8 Å². The summed E-state index contributed by atoms with van der Waals surface area (Å²) in [6.45, 7) is 6.27. The molecule has 0 bridgehead atoms. The number of rotatable bonds is 3. The van der Waals surface area contributed by atoms with Crippen LogP contribution >= 0.6 is 0 Å². The van der Waals surface area contributed by atoms with E-state index in [1.165, 1.54) is 0 Å². The number of nitrogens with two attached hydrogens (primary N) is 1. The van der Waals surface area contributed by atoms with Gasteiger partial charge < -0.3 is 5.73 Å². The van der Waals surface area contributed by atoms with Gasteiger partial charge in [-0.3, -0.25) is 0 Å². The average Bonchev–Trinajstić information content (AvgIpc) is 2.24. The molecule has 0 aromatic heterocycles. The third kappa shape index (κ3) is 4.69.